The summed E-state index contributed by atoms with van der Waals surface area (Å²) in [4.78, 5) is 13.8. The molecule has 0 saturated carbocycles. The molecular weight excluding hydrogens is 270 g/mol. The van der Waals surface area contributed by atoms with Gasteiger partial charge in [-0.05, 0) is 13.8 Å². The average molecular weight is 287 g/mol. The van der Waals surface area contributed by atoms with Crippen molar-refractivity contribution >= 4 is 15.9 Å². The van der Waals surface area contributed by atoms with Crippen LogP contribution in [0.15, 0.2) is 15.4 Å². The summed E-state index contributed by atoms with van der Waals surface area (Å²) in [6, 6.07) is 1.23. The third-order valence-corrected chi connectivity index (χ3v) is 4.17. The van der Waals surface area contributed by atoms with Crippen molar-refractivity contribution in [1.82, 2.24) is 10.2 Å². The summed E-state index contributed by atoms with van der Waals surface area (Å²) in [6.07, 6.45) is 0. The number of hydrogen-bond donors (Lipinski definition) is 2. The van der Waals surface area contributed by atoms with Crippen molar-refractivity contribution in [2.45, 2.75) is 24.8 Å². The van der Waals surface area contributed by atoms with Gasteiger partial charge in [0.25, 0.3) is 5.91 Å². The van der Waals surface area contributed by atoms with Crippen LogP contribution in [0.2, 0.25) is 0 Å². The molecule has 1 aliphatic heterocycles. The molecule has 2 rings (SSSR count). The van der Waals surface area contributed by atoms with Crippen molar-refractivity contribution in [1.29, 1.82) is 0 Å². The Bertz CT molecular complexity index is 593. The van der Waals surface area contributed by atoms with Crippen LogP contribution in [-0.4, -0.2) is 44.9 Å². The molecular formula is C11H17N3O4S. The number of carbonyl (C=O) groups is 1. The number of piperazine rings is 1. The van der Waals surface area contributed by atoms with Crippen LogP contribution >= 0.6 is 0 Å². The Hall–Kier alpha value is -1.38. The summed E-state index contributed by atoms with van der Waals surface area (Å²) < 4.78 is 27.9. The third-order valence-electron chi connectivity index (χ3n) is 3.15. The minimum atomic E-state index is -3.87. The zero-order valence-corrected chi connectivity index (χ0v) is 11.7. The molecule has 1 atom stereocenters. The van der Waals surface area contributed by atoms with E-state index in [0.717, 1.165) is 0 Å². The van der Waals surface area contributed by atoms with Gasteiger partial charge in [-0.3, -0.25) is 4.79 Å². The van der Waals surface area contributed by atoms with Gasteiger partial charge in [0.15, 0.2) is 5.76 Å². The van der Waals surface area contributed by atoms with Gasteiger partial charge in [-0.15, -0.1) is 0 Å². The first-order chi connectivity index (χ1) is 8.80. The van der Waals surface area contributed by atoms with Gasteiger partial charge in [-0.25, -0.2) is 13.6 Å². The van der Waals surface area contributed by atoms with Gasteiger partial charge in [-0.2, -0.15) is 0 Å². The van der Waals surface area contributed by atoms with E-state index in [1.165, 1.54) is 13.0 Å². The van der Waals surface area contributed by atoms with E-state index >= 15 is 0 Å². The molecule has 1 amide bonds. The number of rotatable bonds is 2. The highest BCUT2D eigenvalue weighted by Gasteiger charge is 2.28. The summed E-state index contributed by atoms with van der Waals surface area (Å²) >= 11 is 0. The van der Waals surface area contributed by atoms with Crippen molar-refractivity contribution in [3.05, 3.63) is 17.6 Å². The molecule has 0 radical (unpaired) electrons. The molecule has 0 bridgehead atoms. The molecule has 8 heteroatoms. The van der Waals surface area contributed by atoms with E-state index in [1.54, 1.807) is 4.90 Å². The van der Waals surface area contributed by atoms with Gasteiger partial charge in [0.1, 0.15) is 10.7 Å². The Balaban J connectivity index is 2.30. The van der Waals surface area contributed by atoms with Crippen molar-refractivity contribution in [3.8, 4) is 0 Å². The summed E-state index contributed by atoms with van der Waals surface area (Å²) in [6.45, 7) is 5.36. The monoisotopic (exact) mass is 287 g/mol. The lowest BCUT2D eigenvalue weighted by Gasteiger charge is -2.33. The predicted molar refractivity (Wildman–Crippen MR) is 68.2 cm³/mol. The van der Waals surface area contributed by atoms with Crippen LogP contribution in [-0.2, 0) is 10.0 Å². The molecule has 1 aliphatic rings. The smallest absolute Gasteiger partial charge is 0.289 e. The van der Waals surface area contributed by atoms with Gasteiger partial charge in [0.05, 0.1) is 0 Å². The molecule has 7 nitrogen and oxygen atoms in total. The summed E-state index contributed by atoms with van der Waals surface area (Å²) in [5.74, 6) is -0.170. The number of hydrogen-bond acceptors (Lipinski definition) is 5. The summed E-state index contributed by atoms with van der Waals surface area (Å²) in [7, 11) is -3.87. The second-order valence-corrected chi connectivity index (χ2v) is 6.16. The highest BCUT2D eigenvalue weighted by Crippen LogP contribution is 2.21. The Morgan fingerprint density at radius 2 is 2.26 bits per heavy atom. The van der Waals surface area contributed by atoms with E-state index in [4.69, 9.17) is 9.56 Å². The largest absolute Gasteiger partial charge is 0.455 e. The van der Waals surface area contributed by atoms with Crippen LogP contribution in [0, 0.1) is 6.92 Å². The number of sulfonamides is 1. The Kier molecular flexibility index (Phi) is 3.66. The van der Waals surface area contributed by atoms with Gasteiger partial charge in [0.2, 0.25) is 10.0 Å². The number of nitrogens with two attached hydrogens (primary N) is 1. The minimum absolute atomic E-state index is 0.00951. The van der Waals surface area contributed by atoms with Crippen LogP contribution in [0.3, 0.4) is 0 Å². The molecule has 106 valence electrons. The van der Waals surface area contributed by atoms with Crippen molar-refractivity contribution in [3.63, 3.8) is 0 Å². The molecule has 0 aliphatic carbocycles. The number of primary sulfonamides is 1. The molecule has 2 heterocycles. The zero-order valence-electron chi connectivity index (χ0n) is 10.8. The third kappa shape index (κ3) is 2.80. The van der Waals surface area contributed by atoms with Gasteiger partial charge >= 0.3 is 0 Å². The predicted octanol–water partition coefficient (Wildman–Crippen LogP) is -0.331. The number of aryl methyl sites for hydroxylation is 1. The first-order valence-corrected chi connectivity index (χ1v) is 7.50. The molecule has 1 aromatic heterocycles. The topological polar surface area (TPSA) is 106 Å². The van der Waals surface area contributed by atoms with Crippen LogP contribution in [0.4, 0.5) is 0 Å². The first-order valence-electron chi connectivity index (χ1n) is 5.95. The first kappa shape index (κ1) is 14.0. The van der Waals surface area contributed by atoms with Gasteiger partial charge in [-0.1, -0.05) is 0 Å². The number of furan rings is 1. The molecule has 0 aromatic carbocycles. The lowest BCUT2D eigenvalue weighted by Crippen LogP contribution is -2.52. The fourth-order valence-corrected chi connectivity index (χ4v) is 2.85. The van der Waals surface area contributed by atoms with E-state index in [9.17, 15) is 13.2 Å². The second-order valence-electron chi connectivity index (χ2n) is 4.63. The van der Waals surface area contributed by atoms with Crippen LogP contribution in [0.1, 0.15) is 23.2 Å². The highest BCUT2D eigenvalue weighted by molar-refractivity contribution is 7.89. The molecule has 1 aromatic rings. The summed E-state index contributed by atoms with van der Waals surface area (Å²) in [5, 5.41) is 8.23. The second kappa shape index (κ2) is 4.95. The van der Waals surface area contributed by atoms with Crippen molar-refractivity contribution in [2.75, 3.05) is 19.6 Å². The lowest BCUT2D eigenvalue weighted by molar-refractivity contribution is 0.0622. The number of amides is 1. The van der Waals surface area contributed by atoms with E-state index < -0.39 is 10.0 Å². The average Bonchev–Trinajstić information content (AvgIpc) is 2.71. The lowest BCUT2D eigenvalue weighted by atomic mass is 10.2. The molecule has 0 unspecified atom stereocenters. The fraction of sp³-hybridized carbons (Fsp3) is 0.545. The zero-order chi connectivity index (χ0) is 14.2. The van der Waals surface area contributed by atoms with E-state index in [-0.39, 0.29) is 28.4 Å². The molecule has 0 spiro atoms. The van der Waals surface area contributed by atoms with Crippen LogP contribution < -0.4 is 10.5 Å². The molecule has 1 saturated heterocycles. The van der Waals surface area contributed by atoms with Gasteiger partial charge in [0, 0.05) is 31.7 Å². The van der Waals surface area contributed by atoms with Gasteiger partial charge < -0.3 is 14.6 Å². The van der Waals surface area contributed by atoms with E-state index in [0.29, 0.717) is 19.6 Å². The Morgan fingerprint density at radius 1 is 1.58 bits per heavy atom. The van der Waals surface area contributed by atoms with Crippen molar-refractivity contribution < 1.29 is 17.6 Å². The SMILES string of the molecule is Cc1oc(C(=O)N2CCNC[C@H]2C)cc1S(N)(=O)=O. The number of nitrogens with zero attached hydrogens (tertiary/aromatic N) is 1. The summed E-state index contributed by atoms with van der Waals surface area (Å²) in [5.41, 5.74) is 0. The van der Waals surface area contributed by atoms with Crippen LogP contribution in [0.25, 0.3) is 0 Å². The number of nitrogens with one attached hydrogen (secondary N) is 1. The highest BCUT2D eigenvalue weighted by atomic mass is 32.2. The minimum Gasteiger partial charge on any atom is -0.455 e. The molecule has 19 heavy (non-hydrogen) atoms. The van der Waals surface area contributed by atoms with Crippen LogP contribution in [0.5, 0.6) is 0 Å². The molecule has 1 fully saturated rings. The standard InChI is InChI=1S/C11H17N3O4S/c1-7-6-13-3-4-14(7)11(15)9-5-10(8(2)18-9)19(12,16)17/h5,7,13H,3-4,6H2,1-2H3,(H2,12,16,17)/t7-/m1/s1. The van der Waals surface area contributed by atoms with E-state index in [2.05, 4.69) is 5.32 Å². The molecule has 3 N–H and O–H groups in total. The fourth-order valence-electron chi connectivity index (χ4n) is 2.14. The normalized spacial score (nSPS) is 20.6. The maximum atomic E-state index is 12.3. The van der Waals surface area contributed by atoms with Crippen molar-refractivity contribution in [2.24, 2.45) is 5.14 Å². The number of carbonyl (C=O) groups excluding carboxylic acids is 1. The Morgan fingerprint density at radius 3 is 2.79 bits per heavy atom. The quantitative estimate of drug-likeness (QED) is 0.774. The van der Waals surface area contributed by atoms with E-state index in [1.807, 2.05) is 6.92 Å². The Labute approximate surface area is 111 Å². The maximum absolute atomic E-state index is 12.3. The maximum Gasteiger partial charge on any atom is 0.289 e.